The highest BCUT2D eigenvalue weighted by atomic mass is 35.5. The summed E-state index contributed by atoms with van der Waals surface area (Å²) in [5.74, 6) is -1.18. The Balaban J connectivity index is 2.64. The van der Waals surface area contributed by atoms with E-state index < -0.39 is 5.97 Å². The summed E-state index contributed by atoms with van der Waals surface area (Å²) in [6, 6.07) is 5.26. The van der Waals surface area contributed by atoms with Crippen LogP contribution in [-0.4, -0.2) is 23.5 Å². The van der Waals surface area contributed by atoms with E-state index in [-0.39, 0.29) is 18.2 Å². The second-order valence-corrected chi connectivity index (χ2v) is 4.90. The summed E-state index contributed by atoms with van der Waals surface area (Å²) in [6.07, 6.45) is 0.756. The van der Waals surface area contributed by atoms with Crippen LogP contribution in [0.25, 0.3) is 0 Å². The molecule has 0 spiro atoms. The van der Waals surface area contributed by atoms with E-state index in [4.69, 9.17) is 16.7 Å². The molecule has 19 heavy (non-hydrogen) atoms. The number of carboxylic acids is 1. The maximum atomic E-state index is 12.0. The Kier molecular flexibility index (Phi) is 5.83. The molecule has 104 valence electrons. The summed E-state index contributed by atoms with van der Waals surface area (Å²) in [4.78, 5) is 22.6. The van der Waals surface area contributed by atoms with E-state index >= 15 is 0 Å². The first kappa shape index (κ1) is 15.5. The molecule has 1 aromatic carbocycles. The predicted molar refractivity (Wildman–Crippen MR) is 74.6 cm³/mol. The fraction of sp³-hybridized carbons (Fsp3) is 0.429. The molecule has 1 amide bonds. The summed E-state index contributed by atoms with van der Waals surface area (Å²) >= 11 is 6.07. The number of aryl methyl sites for hydroxylation is 1. The van der Waals surface area contributed by atoms with E-state index in [1.807, 2.05) is 19.9 Å². The SMILES string of the molecule is CCC(CNC(=O)c1cccc(C)c1Cl)CC(=O)O. The molecule has 0 aliphatic rings. The van der Waals surface area contributed by atoms with Gasteiger partial charge in [-0.05, 0) is 24.5 Å². The lowest BCUT2D eigenvalue weighted by Gasteiger charge is -2.14. The second-order valence-electron chi connectivity index (χ2n) is 4.52. The summed E-state index contributed by atoms with van der Waals surface area (Å²) in [5.41, 5.74) is 1.26. The van der Waals surface area contributed by atoms with Crippen LogP contribution in [0.3, 0.4) is 0 Å². The van der Waals surface area contributed by atoms with Crippen molar-refractivity contribution < 1.29 is 14.7 Å². The molecule has 0 saturated heterocycles. The largest absolute Gasteiger partial charge is 0.481 e. The summed E-state index contributed by atoms with van der Waals surface area (Å²) in [6.45, 7) is 4.07. The van der Waals surface area contributed by atoms with E-state index in [1.165, 1.54) is 0 Å². The number of benzene rings is 1. The third-order valence-electron chi connectivity index (χ3n) is 3.03. The zero-order valence-electron chi connectivity index (χ0n) is 11.1. The van der Waals surface area contributed by atoms with Gasteiger partial charge < -0.3 is 10.4 Å². The number of rotatable bonds is 6. The van der Waals surface area contributed by atoms with Gasteiger partial charge in [-0.1, -0.05) is 37.1 Å². The van der Waals surface area contributed by atoms with E-state index in [0.717, 1.165) is 5.56 Å². The lowest BCUT2D eigenvalue weighted by atomic mass is 10.0. The molecule has 0 aliphatic heterocycles. The average molecular weight is 284 g/mol. The molecule has 5 heteroatoms. The minimum absolute atomic E-state index is 0.0539. The molecule has 1 unspecified atom stereocenters. The molecule has 1 atom stereocenters. The van der Waals surface area contributed by atoms with E-state index in [1.54, 1.807) is 12.1 Å². The molecule has 1 rings (SSSR count). The zero-order chi connectivity index (χ0) is 14.4. The number of aliphatic carboxylic acids is 1. The standard InChI is InChI=1S/C14H18ClNO3/c1-3-10(7-12(17)18)8-16-14(19)11-6-4-5-9(2)13(11)15/h4-6,10H,3,7-8H2,1-2H3,(H,16,19)(H,17,18). The zero-order valence-corrected chi connectivity index (χ0v) is 11.8. The van der Waals surface area contributed by atoms with Gasteiger partial charge in [-0.25, -0.2) is 0 Å². The van der Waals surface area contributed by atoms with Gasteiger partial charge in [0.1, 0.15) is 0 Å². The lowest BCUT2D eigenvalue weighted by molar-refractivity contribution is -0.138. The Bertz CT molecular complexity index is 474. The van der Waals surface area contributed by atoms with Gasteiger partial charge >= 0.3 is 5.97 Å². The van der Waals surface area contributed by atoms with E-state index in [0.29, 0.717) is 23.6 Å². The van der Waals surface area contributed by atoms with Gasteiger partial charge in [-0.2, -0.15) is 0 Å². The fourth-order valence-electron chi connectivity index (χ4n) is 1.76. The number of amides is 1. The van der Waals surface area contributed by atoms with Crippen molar-refractivity contribution in [1.29, 1.82) is 0 Å². The molecular formula is C14H18ClNO3. The predicted octanol–water partition coefficient (Wildman–Crippen LogP) is 2.88. The number of hydrogen-bond donors (Lipinski definition) is 2. The van der Waals surface area contributed by atoms with Gasteiger partial charge in [-0.3, -0.25) is 9.59 Å². The maximum Gasteiger partial charge on any atom is 0.303 e. The number of halogens is 1. The molecule has 0 radical (unpaired) electrons. The van der Waals surface area contributed by atoms with Gasteiger partial charge in [0.05, 0.1) is 10.6 Å². The van der Waals surface area contributed by atoms with Crippen LogP contribution >= 0.6 is 11.6 Å². The van der Waals surface area contributed by atoms with Crippen molar-refractivity contribution in [3.8, 4) is 0 Å². The minimum Gasteiger partial charge on any atom is -0.481 e. The first-order chi connectivity index (χ1) is 8.95. The molecule has 0 fully saturated rings. The second kappa shape index (κ2) is 7.14. The number of carbonyl (C=O) groups excluding carboxylic acids is 1. The smallest absolute Gasteiger partial charge is 0.303 e. The Labute approximate surface area is 117 Å². The number of carboxylic acid groups (broad SMARTS) is 1. The summed E-state index contributed by atoms with van der Waals surface area (Å²) < 4.78 is 0. The van der Waals surface area contributed by atoms with Gasteiger partial charge in [0.15, 0.2) is 0 Å². The molecule has 0 saturated carbocycles. The van der Waals surface area contributed by atoms with Crippen LogP contribution < -0.4 is 5.32 Å². The van der Waals surface area contributed by atoms with Crippen molar-refractivity contribution in [3.05, 3.63) is 34.3 Å². The van der Waals surface area contributed by atoms with E-state index in [2.05, 4.69) is 5.32 Å². The van der Waals surface area contributed by atoms with Crippen molar-refractivity contribution in [2.45, 2.75) is 26.7 Å². The van der Waals surface area contributed by atoms with Crippen LogP contribution in [0.5, 0.6) is 0 Å². The fourth-order valence-corrected chi connectivity index (χ4v) is 1.97. The van der Waals surface area contributed by atoms with Crippen molar-refractivity contribution in [1.82, 2.24) is 5.32 Å². The number of carbonyl (C=O) groups is 2. The average Bonchev–Trinajstić information content (AvgIpc) is 2.37. The third kappa shape index (κ3) is 4.56. The van der Waals surface area contributed by atoms with Crippen LogP contribution in [0.1, 0.15) is 35.7 Å². The minimum atomic E-state index is -0.852. The highest BCUT2D eigenvalue weighted by Gasteiger charge is 2.15. The molecule has 0 aromatic heterocycles. The topological polar surface area (TPSA) is 66.4 Å². The number of hydrogen-bond acceptors (Lipinski definition) is 2. The first-order valence-corrected chi connectivity index (χ1v) is 6.58. The van der Waals surface area contributed by atoms with Crippen LogP contribution in [0.2, 0.25) is 5.02 Å². The van der Waals surface area contributed by atoms with Gasteiger partial charge in [0.2, 0.25) is 0 Å². The summed E-state index contributed by atoms with van der Waals surface area (Å²) in [5, 5.41) is 11.9. The maximum absolute atomic E-state index is 12.0. The van der Waals surface area contributed by atoms with Crippen LogP contribution in [0.4, 0.5) is 0 Å². The summed E-state index contributed by atoms with van der Waals surface area (Å²) in [7, 11) is 0. The number of nitrogens with one attached hydrogen (secondary N) is 1. The van der Waals surface area contributed by atoms with Crippen LogP contribution in [0, 0.1) is 12.8 Å². The molecule has 0 aliphatic carbocycles. The molecular weight excluding hydrogens is 266 g/mol. The highest BCUT2D eigenvalue weighted by molar-refractivity contribution is 6.34. The first-order valence-electron chi connectivity index (χ1n) is 6.20. The van der Waals surface area contributed by atoms with Crippen molar-refractivity contribution >= 4 is 23.5 Å². The highest BCUT2D eigenvalue weighted by Crippen LogP contribution is 2.20. The van der Waals surface area contributed by atoms with Crippen molar-refractivity contribution in [2.24, 2.45) is 5.92 Å². The van der Waals surface area contributed by atoms with Crippen LogP contribution in [0.15, 0.2) is 18.2 Å². The molecule has 1 aromatic rings. The Morgan fingerprint density at radius 3 is 2.68 bits per heavy atom. The van der Waals surface area contributed by atoms with Crippen LogP contribution in [-0.2, 0) is 4.79 Å². The lowest BCUT2D eigenvalue weighted by Crippen LogP contribution is -2.30. The Hall–Kier alpha value is -1.55. The molecule has 4 nitrogen and oxygen atoms in total. The van der Waals surface area contributed by atoms with Gasteiger partial charge in [-0.15, -0.1) is 0 Å². The third-order valence-corrected chi connectivity index (χ3v) is 3.53. The van der Waals surface area contributed by atoms with Crippen molar-refractivity contribution in [2.75, 3.05) is 6.54 Å². The molecule has 0 bridgehead atoms. The quantitative estimate of drug-likeness (QED) is 0.843. The molecule has 0 heterocycles. The van der Waals surface area contributed by atoms with E-state index in [9.17, 15) is 9.59 Å². The Morgan fingerprint density at radius 1 is 1.42 bits per heavy atom. The van der Waals surface area contributed by atoms with Gasteiger partial charge in [0, 0.05) is 13.0 Å². The molecule has 2 N–H and O–H groups in total. The Morgan fingerprint density at radius 2 is 2.11 bits per heavy atom. The van der Waals surface area contributed by atoms with Crippen molar-refractivity contribution in [3.63, 3.8) is 0 Å². The normalized spacial score (nSPS) is 11.9. The van der Waals surface area contributed by atoms with Gasteiger partial charge in [0.25, 0.3) is 5.91 Å². The monoisotopic (exact) mass is 283 g/mol.